The lowest BCUT2D eigenvalue weighted by Crippen LogP contribution is -2.48. The number of hydrogen-bond acceptors (Lipinski definition) is 9. The summed E-state index contributed by atoms with van der Waals surface area (Å²) in [5, 5.41) is 15.8. The topological polar surface area (TPSA) is 182 Å². The Labute approximate surface area is 249 Å². The normalized spacial score (nSPS) is 14.2. The van der Waals surface area contributed by atoms with E-state index in [1.807, 2.05) is 0 Å². The van der Waals surface area contributed by atoms with Crippen LogP contribution in [0.25, 0.3) is 0 Å². The first-order valence-electron chi connectivity index (χ1n) is 13.2. The molecule has 0 aliphatic rings. The summed E-state index contributed by atoms with van der Waals surface area (Å²) in [7, 11) is -2.51. The molecule has 3 aromatic rings. The van der Waals surface area contributed by atoms with Crippen molar-refractivity contribution in [3.05, 3.63) is 75.0 Å². The Bertz CT molecular complexity index is 1520. The van der Waals surface area contributed by atoms with Crippen LogP contribution in [-0.4, -0.2) is 56.1 Å². The second-order valence-corrected chi connectivity index (χ2v) is 12.4. The fourth-order valence-electron chi connectivity index (χ4n) is 4.52. The molecule has 228 valence electrons. The van der Waals surface area contributed by atoms with E-state index in [9.17, 15) is 22.7 Å². The van der Waals surface area contributed by atoms with E-state index in [-0.39, 0.29) is 30.2 Å². The van der Waals surface area contributed by atoms with Gasteiger partial charge in [0.25, 0.3) is 10.0 Å². The second-order valence-electron chi connectivity index (χ2n) is 9.82. The van der Waals surface area contributed by atoms with Crippen LogP contribution in [0.1, 0.15) is 46.2 Å². The molecule has 3 rings (SSSR count). The highest BCUT2D eigenvalue weighted by molar-refractivity contribution is 7.90. The standard InChI is InChI=1S/C28H37FN6O5S2/c1-16-14-23(40-4)17(2)18(3)25(16)42(38,39)35-28(31)33-11-7-10-22(24(36)27-32-12-13-41-27)34-26(37)21(30)15-19-8-5-6-9-20(19)29/h5-6,8-9,12-14,21-22,24,36H,7,10-11,15,30H2,1-4H3,(H,34,37)(H3,31,33,35)/t21-,22-,24?/m0/s1. The molecule has 11 nitrogen and oxygen atoms in total. The Hall–Kier alpha value is -3.59. The van der Waals surface area contributed by atoms with Crippen LogP contribution in [0, 0.1) is 26.6 Å². The zero-order chi connectivity index (χ0) is 31.0. The van der Waals surface area contributed by atoms with Crippen molar-refractivity contribution >= 4 is 33.2 Å². The molecule has 0 spiro atoms. The summed E-state index contributed by atoms with van der Waals surface area (Å²) < 4.78 is 47.9. The zero-order valence-electron chi connectivity index (χ0n) is 23.9. The predicted octanol–water partition coefficient (Wildman–Crippen LogP) is 2.38. The van der Waals surface area contributed by atoms with E-state index in [0.717, 1.165) is 0 Å². The second kappa shape index (κ2) is 14.5. The summed E-state index contributed by atoms with van der Waals surface area (Å²) in [4.78, 5) is 21.2. The first-order valence-corrected chi connectivity index (χ1v) is 15.6. The highest BCUT2D eigenvalue weighted by Crippen LogP contribution is 2.30. The minimum Gasteiger partial charge on any atom is -0.496 e. The molecule has 0 saturated carbocycles. The van der Waals surface area contributed by atoms with Crippen molar-refractivity contribution in [3.63, 3.8) is 0 Å². The highest BCUT2D eigenvalue weighted by atomic mass is 32.2. The van der Waals surface area contributed by atoms with Crippen molar-refractivity contribution in [1.29, 1.82) is 0 Å². The Morgan fingerprint density at radius 3 is 2.60 bits per heavy atom. The maximum absolute atomic E-state index is 14.0. The number of rotatable bonds is 13. The maximum Gasteiger partial charge on any atom is 0.264 e. The Morgan fingerprint density at radius 1 is 1.24 bits per heavy atom. The molecule has 7 N–H and O–H groups in total. The van der Waals surface area contributed by atoms with Gasteiger partial charge in [-0.1, -0.05) is 18.2 Å². The summed E-state index contributed by atoms with van der Waals surface area (Å²) in [6, 6.07) is 5.87. The van der Waals surface area contributed by atoms with Crippen molar-refractivity contribution in [3.8, 4) is 5.75 Å². The number of amides is 1. The van der Waals surface area contributed by atoms with Gasteiger partial charge in [0, 0.05) is 18.1 Å². The molecule has 1 heterocycles. The fraction of sp³-hybridized carbons (Fsp3) is 0.393. The number of sulfonamides is 1. The number of methoxy groups -OCH3 is 1. The lowest BCUT2D eigenvalue weighted by atomic mass is 10.0. The van der Waals surface area contributed by atoms with Gasteiger partial charge >= 0.3 is 0 Å². The molecule has 2 aromatic carbocycles. The number of hydrogen-bond donors (Lipinski definition) is 5. The minimum absolute atomic E-state index is 0.0216. The molecular weight excluding hydrogens is 583 g/mol. The number of aliphatic hydroxyl groups excluding tert-OH is 1. The number of ether oxygens (including phenoxy) is 1. The number of aliphatic hydroxyl groups is 1. The van der Waals surface area contributed by atoms with Gasteiger partial charge in [-0.2, -0.15) is 0 Å². The number of carbonyl (C=O) groups excluding carboxylic acids is 1. The van der Waals surface area contributed by atoms with Gasteiger partial charge < -0.3 is 26.6 Å². The van der Waals surface area contributed by atoms with E-state index in [1.165, 1.54) is 30.7 Å². The van der Waals surface area contributed by atoms with Crippen LogP contribution in [0.5, 0.6) is 5.75 Å². The number of nitrogens with two attached hydrogens (primary N) is 2. The first-order chi connectivity index (χ1) is 19.9. The van der Waals surface area contributed by atoms with Gasteiger partial charge in [-0.25, -0.2) is 22.5 Å². The zero-order valence-corrected chi connectivity index (χ0v) is 25.6. The van der Waals surface area contributed by atoms with Gasteiger partial charge in [0.2, 0.25) is 11.9 Å². The van der Waals surface area contributed by atoms with E-state index in [4.69, 9.17) is 16.2 Å². The molecule has 42 heavy (non-hydrogen) atoms. The number of aliphatic imine (C=N–C) groups is 1. The highest BCUT2D eigenvalue weighted by Gasteiger charge is 2.27. The number of halogens is 1. The number of benzene rings is 2. The summed E-state index contributed by atoms with van der Waals surface area (Å²) in [5.41, 5.74) is 14.0. The molecule has 3 atom stereocenters. The van der Waals surface area contributed by atoms with Crippen LogP contribution in [-0.2, 0) is 21.2 Å². The van der Waals surface area contributed by atoms with Crippen molar-refractivity contribution in [2.24, 2.45) is 16.5 Å². The minimum atomic E-state index is -4.03. The Morgan fingerprint density at radius 2 is 1.95 bits per heavy atom. The third-order valence-corrected chi connectivity index (χ3v) is 9.30. The van der Waals surface area contributed by atoms with Gasteiger partial charge in [0.1, 0.15) is 22.7 Å². The Balaban J connectivity index is 1.65. The smallest absolute Gasteiger partial charge is 0.264 e. The molecule has 1 aromatic heterocycles. The van der Waals surface area contributed by atoms with Crippen LogP contribution in [0.3, 0.4) is 0 Å². The number of thiazole rings is 1. The average Bonchev–Trinajstić information content (AvgIpc) is 3.48. The molecule has 1 amide bonds. The number of aryl methyl sites for hydroxylation is 1. The lowest BCUT2D eigenvalue weighted by molar-refractivity contribution is -0.124. The molecule has 14 heteroatoms. The van der Waals surface area contributed by atoms with Crippen molar-refractivity contribution in [2.45, 2.75) is 63.1 Å². The molecule has 0 bridgehead atoms. The monoisotopic (exact) mass is 620 g/mol. The van der Waals surface area contributed by atoms with Crippen molar-refractivity contribution in [2.75, 3.05) is 13.7 Å². The first kappa shape index (κ1) is 32.9. The number of carbonyl (C=O) groups is 1. The van der Waals surface area contributed by atoms with Gasteiger partial charge in [0.05, 0.1) is 24.1 Å². The van der Waals surface area contributed by atoms with Crippen molar-refractivity contribution in [1.82, 2.24) is 15.0 Å². The summed E-state index contributed by atoms with van der Waals surface area (Å²) in [6.45, 7) is 5.23. The molecule has 0 fully saturated rings. The molecule has 0 saturated heterocycles. The van der Waals surface area contributed by atoms with E-state index in [2.05, 4.69) is 20.0 Å². The van der Waals surface area contributed by atoms with E-state index >= 15 is 0 Å². The number of nitrogens with one attached hydrogen (secondary N) is 2. The van der Waals surface area contributed by atoms with E-state index in [0.29, 0.717) is 39.4 Å². The summed E-state index contributed by atoms with van der Waals surface area (Å²) in [5.74, 6) is -0.732. The predicted molar refractivity (Wildman–Crippen MR) is 160 cm³/mol. The van der Waals surface area contributed by atoms with E-state index < -0.39 is 39.9 Å². The van der Waals surface area contributed by atoms with Crippen molar-refractivity contribution < 1.29 is 27.4 Å². The van der Waals surface area contributed by atoms with Crippen LogP contribution in [0.2, 0.25) is 0 Å². The number of aromatic nitrogens is 1. The third kappa shape index (κ3) is 8.25. The van der Waals surface area contributed by atoms with Crippen LogP contribution in [0.15, 0.2) is 51.8 Å². The van der Waals surface area contributed by atoms with Crippen LogP contribution >= 0.6 is 11.3 Å². The lowest BCUT2D eigenvalue weighted by Gasteiger charge is -2.24. The fourth-order valence-corrected chi connectivity index (χ4v) is 6.69. The molecule has 0 radical (unpaired) electrons. The van der Waals surface area contributed by atoms with E-state index in [1.54, 1.807) is 50.4 Å². The number of nitrogens with zero attached hydrogens (tertiary/aromatic N) is 2. The third-order valence-electron chi connectivity index (χ3n) is 6.81. The Kier molecular flexibility index (Phi) is 11.4. The molecular formula is C28H37FN6O5S2. The molecule has 1 unspecified atom stereocenters. The average molecular weight is 621 g/mol. The van der Waals surface area contributed by atoms with Gasteiger partial charge in [-0.15, -0.1) is 11.3 Å². The molecule has 0 aliphatic carbocycles. The van der Waals surface area contributed by atoms with Crippen LogP contribution in [0.4, 0.5) is 4.39 Å². The van der Waals surface area contributed by atoms with Gasteiger partial charge in [-0.05, 0) is 74.4 Å². The van der Waals surface area contributed by atoms with Gasteiger partial charge in [0.15, 0.2) is 0 Å². The molecule has 0 aliphatic heterocycles. The maximum atomic E-state index is 14.0. The number of guanidine groups is 1. The SMILES string of the molecule is COc1cc(C)c(S(=O)(=O)NC(N)=NCCC[C@H](NC(=O)[C@@H](N)Cc2ccccc2F)C(O)c2nccs2)c(C)c1C. The largest absolute Gasteiger partial charge is 0.496 e. The summed E-state index contributed by atoms with van der Waals surface area (Å²) >= 11 is 1.23. The quantitative estimate of drug-likeness (QED) is 0.110. The summed E-state index contributed by atoms with van der Waals surface area (Å²) in [6.07, 6.45) is 0.970. The van der Waals surface area contributed by atoms with Crippen LogP contribution < -0.4 is 26.2 Å². The van der Waals surface area contributed by atoms with Gasteiger partial charge in [-0.3, -0.25) is 9.79 Å².